The van der Waals surface area contributed by atoms with Crippen LogP contribution in [-0.2, 0) is 11.3 Å². The number of carboxylic acids is 1. The fourth-order valence-corrected chi connectivity index (χ4v) is 1.47. The van der Waals surface area contributed by atoms with Crippen molar-refractivity contribution < 1.29 is 18.7 Å². The first-order valence-electron chi connectivity index (χ1n) is 5.19. The van der Waals surface area contributed by atoms with Crippen molar-refractivity contribution in [1.82, 2.24) is 14.9 Å². The monoisotopic (exact) mass is 247 g/mol. The largest absolute Gasteiger partial charge is 0.480 e. The first-order valence-corrected chi connectivity index (χ1v) is 5.19. The molecule has 1 atom stereocenters. The van der Waals surface area contributed by atoms with Crippen LogP contribution in [0.3, 0.4) is 0 Å². The number of hydrogen-bond donors (Lipinski definition) is 2. The molecular weight excluding hydrogens is 232 g/mol. The second-order valence-electron chi connectivity index (χ2n) is 3.97. The van der Waals surface area contributed by atoms with Crippen molar-refractivity contribution >= 4 is 5.97 Å². The first-order chi connectivity index (χ1) is 7.93. The molecule has 5 nitrogen and oxygen atoms in total. The van der Waals surface area contributed by atoms with Gasteiger partial charge in [0.1, 0.15) is 11.9 Å². The Balaban J connectivity index is 2.66. The smallest absolute Gasteiger partial charge is 0.320 e. The van der Waals surface area contributed by atoms with Crippen LogP contribution < -0.4 is 5.32 Å². The van der Waals surface area contributed by atoms with E-state index in [1.165, 1.54) is 6.20 Å². The van der Waals surface area contributed by atoms with Crippen molar-refractivity contribution in [1.29, 1.82) is 0 Å². The van der Waals surface area contributed by atoms with Crippen molar-refractivity contribution in [3.05, 3.63) is 18.2 Å². The van der Waals surface area contributed by atoms with E-state index in [0.717, 1.165) is 6.20 Å². The average molecular weight is 247 g/mol. The molecule has 0 aliphatic rings. The molecule has 1 aromatic rings. The molecule has 0 radical (unpaired) electrons. The van der Waals surface area contributed by atoms with E-state index in [2.05, 4.69) is 10.3 Å². The highest BCUT2D eigenvalue weighted by molar-refractivity contribution is 5.73. The fourth-order valence-electron chi connectivity index (χ4n) is 1.47. The standard InChI is InChI=1S/C10H15F2N3O2/c1-6(2)8(9(16)17)14-5-7-13-3-4-15(7)10(11)12/h3-4,6,8,10,14H,5H2,1-2H3,(H,16,17). The van der Waals surface area contributed by atoms with Crippen LogP contribution in [0.1, 0.15) is 26.2 Å². The van der Waals surface area contributed by atoms with Gasteiger partial charge in [0.2, 0.25) is 0 Å². The molecule has 96 valence electrons. The van der Waals surface area contributed by atoms with Gasteiger partial charge in [-0.1, -0.05) is 13.8 Å². The molecule has 0 aromatic carbocycles. The highest BCUT2D eigenvalue weighted by Gasteiger charge is 2.21. The Morgan fingerprint density at radius 2 is 2.24 bits per heavy atom. The van der Waals surface area contributed by atoms with Gasteiger partial charge in [0.25, 0.3) is 0 Å². The Morgan fingerprint density at radius 1 is 1.59 bits per heavy atom. The summed E-state index contributed by atoms with van der Waals surface area (Å²) in [5, 5.41) is 11.6. The summed E-state index contributed by atoms with van der Waals surface area (Å²) in [5.74, 6) is -1.02. The predicted molar refractivity (Wildman–Crippen MR) is 56.6 cm³/mol. The Morgan fingerprint density at radius 3 is 2.71 bits per heavy atom. The maximum Gasteiger partial charge on any atom is 0.320 e. The molecule has 17 heavy (non-hydrogen) atoms. The number of hydrogen-bond acceptors (Lipinski definition) is 3. The quantitative estimate of drug-likeness (QED) is 0.799. The lowest BCUT2D eigenvalue weighted by molar-refractivity contribution is -0.140. The molecular formula is C10H15F2N3O2. The molecule has 0 amide bonds. The minimum absolute atomic E-state index is 0.00745. The molecule has 0 bridgehead atoms. The van der Waals surface area contributed by atoms with E-state index in [0.29, 0.717) is 4.57 Å². The number of imidazole rings is 1. The molecule has 7 heteroatoms. The summed E-state index contributed by atoms with van der Waals surface area (Å²) < 4.78 is 25.7. The molecule has 0 saturated heterocycles. The summed E-state index contributed by atoms with van der Waals surface area (Å²) in [6, 6.07) is -0.780. The normalized spacial score (nSPS) is 13.3. The van der Waals surface area contributed by atoms with E-state index in [9.17, 15) is 13.6 Å². The van der Waals surface area contributed by atoms with E-state index in [4.69, 9.17) is 5.11 Å². The van der Waals surface area contributed by atoms with Crippen LogP contribution in [0.15, 0.2) is 12.4 Å². The van der Waals surface area contributed by atoms with Crippen LogP contribution in [-0.4, -0.2) is 26.7 Å². The summed E-state index contributed by atoms with van der Waals surface area (Å²) in [4.78, 5) is 14.6. The highest BCUT2D eigenvalue weighted by Crippen LogP contribution is 2.12. The van der Waals surface area contributed by atoms with Crippen molar-refractivity contribution in [3.8, 4) is 0 Å². The molecule has 0 fully saturated rings. The number of rotatable bonds is 6. The molecule has 0 saturated carbocycles. The van der Waals surface area contributed by atoms with Gasteiger partial charge in [-0.05, 0) is 5.92 Å². The van der Waals surface area contributed by atoms with Crippen LogP contribution in [0, 0.1) is 5.92 Å². The number of alkyl halides is 2. The van der Waals surface area contributed by atoms with Gasteiger partial charge >= 0.3 is 12.5 Å². The highest BCUT2D eigenvalue weighted by atomic mass is 19.3. The van der Waals surface area contributed by atoms with E-state index >= 15 is 0 Å². The molecule has 0 aliphatic carbocycles. The predicted octanol–water partition coefficient (Wildman–Crippen LogP) is 1.48. The summed E-state index contributed by atoms with van der Waals surface area (Å²) in [6.07, 6.45) is 2.42. The van der Waals surface area contributed by atoms with Crippen LogP contribution in [0.5, 0.6) is 0 Å². The van der Waals surface area contributed by atoms with Gasteiger partial charge in [-0.25, -0.2) is 4.98 Å². The SMILES string of the molecule is CC(C)C(NCc1nccn1C(F)F)C(=O)O. The van der Waals surface area contributed by atoms with Crippen molar-refractivity contribution in [2.75, 3.05) is 0 Å². The van der Waals surface area contributed by atoms with Gasteiger partial charge < -0.3 is 5.11 Å². The van der Waals surface area contributed by atoms with Crippen LogP contribution >= 0.6 is 0 Å². The topological polar surface area (TPSA) is 67.2 Å². The van der Waals surface area contributed by atoms with Gasteiger partial charge in [0.05, 0.1) is 6.54 Å². The molecule has 1 rings (SSSR count). The number of aliphatic carboxylic acids is 1. The maximum atomic E-state index is 12.5. The third-order valence-corrected chi connectivity index (χ3v) is 2.37. The third kappa shape index (κ3) is 3.48. The summed E-state index contributed by atoms with van der Waals surface area (Å²) in [6.45, 7) is 0.806. The van der Waals surface area contributed by atoms with Crippen LogP contribution in [0.4, 0.5) is 8.78 Å². The van der Waals surface area contributed by atoms with Crippen LogP contribution in [0.25, 0.3) is 0 Å². The maximum absolute atomic E-state index is 12.5. The lowest BCUT2D eigenvalue weighted by Gasteiger charge is -2.17. The summed E-state index contributed by atoms with van der Waals surface area (Å²) in [5.41, 5.74) is 0. The third-order valence-electron chi connectivity index (χ3n) is 2.37. The molecule has 0 aliphatic heterocycles. The Bertz CT molecular complexity index is 379. The van der Waals surface area contributed by atoms with Gasteiger partial charge in [-0.15, -0.1) is 0 Å². The van der Waals surface area contributed by atoms with Crippen molar-refractivity contribution in [3.63, 3.8) is 0 Å². The minimum atomic E-state index is -2.67. The molecule has 0 spiro atoms. The lowest BCUT2D eigenvalue weighted by atomic mass is 10.1. The molecule has 1 unspecified atom stereocenters. The number of carboxylic acid groups (broad SMARTS) is 1. The zero-order valence-electron chi connectivity index (χ0n) is 9.60. The molecule has 1 heterocycles. The van der Waals surface area contributed by atoms with E-state index in [1.807, 2.05) is 0 Å². The van der Waals surface area contributed by atoms with E-state index in [1.54, 1.807) is 13.8 Å². The number of nitrogens with zero attached hydrogens (tertiary/aromatic N) is 2. The van der Waals surface area contributed by atoms with Gasteiger partial charge in [0.15, 0.2) is 0 Å². The Labute approximate surface area is 97.5 Å². The van der Waals surface area contributed by atoms with Crippen molar-refractivity contribution in [2.45, 2.75) is 33.0 Å². The van der Waals surface area contributed by atoms with Crippen LogP contribution in [0.2, 0.25) is 0 Å². The van der Waals surface area contributed by atoms with Crippen molar-refractivity contribution in [2.24, 2.45) is 5.92 Å². The zero-order chi connectivity index (χ0) is 13.0. The minimum Gasteiger partial charge on any atom is -0.480 e. The fraction of sp³-hybridized carbons (Fsp3) is 0.600. The summed E-state index contributed by atoms with van der Waals surface area (Å²) in [7, 11) is 0. The van der Waals surface area contributed by atoms with E-state index < -0.39 is 18.6 Å². The number of aromatic nitrogens is 2. The zero-order valence-corrected chi connectivity index (χ0v) is 9.60. The van der Waals surface area contributed by atoms with Gasteiger partial charge in [-0.2, -0.15) is 8.78 Å². The molecule has 2 N–H and O–H groups in total. The van der Waals surface area contributed by atoms with Gasteiger partial charge in [-0.3, -0.25) is 14.7 Å². The number of halogens is 2. The average Bonchev–Trinajstić information content (AvgIpc) is 2.64. The second-order valence-corrected chi connectivity index (χ2v) is 3.97. The summed E-state index contributed by atoms with van der Waals surface area (Å²) >= 11 is 0. The first kappa shape index (κ1) is 13.6. The number of nitrogens with one attached hydrogen (secondary N) is 1. The Kier molecular flexibility index (Phi) is 4.56. The molecule has 1 aromatic heterocycles. The lowest BCUT2D eigenvalue weighted by Crippen LogP contribution is -2.40. The number of carbonyl (C=O) groups is 1. The second kappa shape index (κ2) is 5.72. The van der Waals surface area contributed by atoms with Gasteiger partial charge in [0, 0.05) is 12.4 Å². The van der Waals surface area contributed by atoms with E-state index in [-0.39, 0.29) is 18.3 Å². The Hall–Kier alpha value is -1.50.